The van der Waals surface area contributed by atoms with Crippen molar-refractivity contribution in [2.75, 3.05) is 18.0 Å². The Hall–Kier alpha value is -2.99. The molecular formula is C20H20N4O2. The molecule has 1 unspecified atom stereocenters. The number of anilines is 1. The summed E-state index contributed by atoms with van der Waals surface area (Å²) in [7, 11) is 1.66. The van der Waals surface area contributed by atoms with Crippen LogP contribution in [0.2, 0.25) is 0 Å². The van der Waals surface area contributed by atoms with Crippen LogP contribution in [0.1, 0.15) is 28.3 Å². The van der Waals surface area contributed by atoms with Crippen LogP contribution in [-0.2, 0) is 7.05 Å². The number of nitrogens with two attached hydrogens (primary N) is 1. The van der Waals surface area contributed by atoms with E-state index in [9.17, 15) is 9.59 Å². The van der Waals surface area contributed by atoms with Crippen molar-refractivity contribution < 1.29 is 4.79 Å². The molecule has 4 rings (SSSR count). The van der Waals surface area contributed by atoms with Crippen LogP contribution < -0.4 is 16.2 Å². The smallest absolute Gasteiger partial charge is 0.260 e. The minimum Gasteiger partial charge on any atom is -0.330 e. The van der Waals surface area contributed by atoms with E-state index in [-0.39, 0.29) is 17.4 Å². The summed E-state index contributed by atoms with van der Waals surface area (Å²) in [5.41, 5.74) is 8.79. The SMILES string of the molecule is Cn1cnc2cc(C(=O)N3CC(CCN)c4ccccc43)ccc2c1=O. The maximum absolute atomic E-state index is 13.1. The first kappa shape index (κ1) is 16.5. The molecule has 1 amide bonds. The van der Waals surface area contributed by atoms with Gasteiger partial charge in [0, 0.05) is 30.8 Å². The third kappa shape index (κ3) is 2.59. The van der Waals surface area contributed by atoms with Crippen molar-refractivity contribution in [3.8, 4) is 0 Å². The summed E-state index contributed by atoms with van der Waals surface area (Å²) in [6, 6.07) is 13.0. The highest BCUT2D eigenvalue weighted by Gasteiger charge is 2.32. The summed E-state index contributed by atoms with van der Waals surface area (Å²) in [6.07, 6.45) is 2.32. The van der Waals surface area contributed by atoms with Gasteiger partial charge in [0.05, 0.1) is 17.2 Å². The second-order valence-corrected chi connectivity index (χ2v) is 6.64. The maximum Gasteiger partial charge on any atom is 0.260 e. The van der Waals surface area contributed by atoms with Gasteiger partial charge in [0.1, 0.15) is 0 Å². The number of aromatic nitrogens is 2. The van der Waals surface area contributed by atoms with Crippen LogP contribution in [-0.4, -0.2) is 28.5 Å². The van der Waals surface area contributed by atoms with Crippen molar-refractivity contribution in [3.05, 3.63) is 70.3 Å². The molecule has 0 saturated carbocycles. The van der Waals surface area contributed by atoms with Gasteiger partial charge in [-0.15, -0.1) is 0 Å². The number of fused-ring (bicyclic) bond motifs is 2. The van der Waals surface area contributed by atoms with Gasteiger partial charge in [-0.2, -0.15) is 0 Å². The van der Waals surface area contributed by atoms with Crippen molar-refractivity contribution in [2.45, 2.75) is 12.3 Å². The van der Waals surface area contributed by atoms with Gasteiger partial charge in [0.15, 0.2) is 0 Å². The van der Waals surface area contributed by atoms with Crippen molar-refractivity contribution in [1.29, 1.82) is 0 Å². The second kappa shape index (κ2) is 6.38. The summed E-state index contributed by atoms with van der Waals surface area (Å²) in [5, 5.41) is 0.509. The van der Waals surface area contributed by atoms with E-state index in [1.807, 2.05) is 18.2 Å². The van der Waals surface area contributed by atoms with Crippen LogP contribution in [0.15, 0.2) is 53.6 Å². The van der Waals surface area contributed by atoms with E-state index in [1.165, 1.54) is 16.5 Å². The summed E-state index contributed by atoms with van der Waals surface area (Å²) >= 11 is 0. The molecule has 26 heavy (non-hydrogen) atoms. The van der Waals surface area contributed by atoms with Gasteiger partial charge in [-0.3, -0.25) is 9.59 Å². The van der Waals surface area contributed by atoms with Gasteiger partial charge in [-0.25, -0.2) is 4.98 Å². The number of carbonyl (C=O) groups is 1. The number of amides is 1. The van der Waals surface area contributed by atoms with Crippen molar-refractivity contribution in [1.82, 2.24) is 9.55 Å². The summed E-state index contributed by atoms with van der Waals surface area (Å²) in [5.74, 6) is 0.173. The quantitative estimate of drug-likeness (QED) is 0.785. The zero-order valence-electron chi connectivity index (χ0n) is 14.6. The molecule has 0 spiro atoms. The van der Waals surface area contributed by atoms with Crippen molar-refractivity contribution in [3.63, 3.8) is 0 Å². The standard InChI is InChI=1S/C20H20N4O2/c1-23-12-22-17-10-13(6-7-16(17)20(23)26)19(25)24-11-14(8-9-21)15-4-2-3-5-18(15)24/h2-7,10,12,14H,8-9,11,21H2,1H3. The Kier molecular flexibility index (Phi) is 4.05. The molecule has 2 aromatic carbocycles. The Morgan fingerprint density at radius 3 is 2.88 bits per heavy atom. The van der Waals surface area contributed by atoms with Crippen LogP contribution in [0, 0.1) is 0 Å². The first-order valence-electron chi connectivity index (χ1n) is 8.66. The first-order chi connectivity index (χ1) is 12.6. The highest BCUT2D eigenvalue weighted by atomic mass is 16.2. The normalized spacial score (nSPS) is 16.1. The molecule has 0 bridgehead atoms. The minimum absolute atomic E-state index is 0.0821. The Balaban J connectivity index is 1.73. The zero-order chi connectivity index (χ0) is 18.3. The molecule has 0 radical (unpaired) electrons. The third-order valence-electron chi connectivity index (χ3n) is 5.00. The van der Waals surface area contributed by atoms with Crippen LogP contribution in [0.4, 0.5) is 5.69 Å². The molecule has 6 heteroatoms. The second-order valence-electron chi connectivity index (χ2n) is 6.64. The number of hydrogen-bond acceptors (Lipinski definition) is 4. The molecule has 0 fully saturated rings. The van der Waals surface area contributed by atoms with Crippen LogP contribution >= 0.6 is 0 Å². The molecule has 0 saturated heterocycles. The predicted molar refractivity (Wildman–Crippen MR) is 102 cm³/mol. The average Bonchev–Trinajstić information content (AvgIpc) is 3.03. The van der Waals surface area contributed by atoms with Gasteiger partial charge < -0.3 is 15.2 Å². The van der Waals surface area contributed by atoms with Gasteiger partial charge in [-0.05, 0) is 42.8 Å². The van der Waals surface area contributed by atoms with Gasteiger partial charge in [0.25, 0.3) is 11.5 Å². The number of hydrogen-bond donors (Lipinski definition) is 1. The fourth-order valence-electron chi connectivity index (χ4n) is 3.64. The van der Waals surface area contributed by atoms with E-state index in [2.05, 4.69) is 11.1 Å². The number of nitrogens with zero attached hydrogens (tertiary/aromatic N) is 3. The minimum atomic E-state index is -0.122. The van der Waals surface area contributed by atoms with E-state index in [0.717, 1.165) is 12.1 Å². The molecule has 132 valence electrons. The molecular weight excluding hydrogens is 328 g/mol. The largest absolute Gasteiger partial charge is 0.330 e. The maximum atomic E-state index is 13.1. The van der Waals surface area contributed by atoms with Gasteiger partial charge in [0.2, 0.25) is 0 Å². The lowest BCUT2D eigenvalue weighted by Gasteiger charge is -2.18. The van der Waals surface area contributed by atoms with Crippen molar-refractivity contribution in [2.24, 2.45) is 12.8 Å². The Morgan fingerprint density at radius 1 is 1.27 bits per heavy atom. The fraction of sp³-hybridized carbons (Fsp3) is 0.250. The topological polar surface area (TPSA) is 81.2 Å². The van der Waals surface area contributed by atoms with Crippen molar-refractivity contribution >= 4 is 22.5 Å². The van der Waals surface area contributed by atoms with Crippen LogP contribution in [0.3, 0.4) is 0 Å². The average molecular weight is 348 g/mol. The van der Waals surface area contributed by atoms with E-state index >= 15 is 0 Å². The number of aryl methyl sites for hydroxylation is 1. The van der Waals surface area contributed by atoms with Crippen LogP contribution in [0.25, 0.3) is 10.9 Å². The van der Waals surface area contributed by atoms with Gasteiger partial charge >= 0.3 is 0 Å². The summed E-state index contributed by atoms with van der Waals surface area (Å²) in [4.78, 5) is 31.4. The van der Waals surface area contributed by atoms with Gasteiger partial charge in [-0.1, -0.05) is 18.2 Å². The van der Waals surface area contributed by atoms with E-state index in [0.29, 0.717) is 29.6 Å². The molecule has 1 aromatic heterocycles. The lowest BCUT2D eigenvalue weighted by molar-refractivity contribution is 0.0988. The summed E-state index contributed by atoms with van der Waals surface area (Å²) in [6.45, 7) is 1.21. The molecule has 1 aliphatic heterocycles. The van der Waals surface area contributed by atoms with Crippen LogP contribution in [0.5, 0.6) is 0 Å². The number of rotatable bonds is 3. The first-order valence-corrected chi connectivity index (χ1v) is 8.66. The molecule has 0 aliphatic carbocycles. The lowest BCUT2D eigenvalue weighted by Crippen LogP contribution is -2.30. The van der Waals surface area contributed by atoms with E-state index in [1.54, 1.807) is 30.1 Å². The highest BCUT2D eigenvalue weighted by Crippen LogP contribution is 2.38. The fourth-order valence-corrected chi connectivity index (χ4v) is 3.64. The molecule has 1 aliphatic rings. The number of para-hydroxylation sites is 1. The molecule has 6 nitrogen and oxygen atoms in total. The zero-order valence-corrected chi connectivity index (χ0v) is 14.6. The lowest BCUT2D eigenvalue weighted by atomic mass is 9.98. The summed E-state index contributed by atoms with van der Waals surface area (Å²) < 4.78 is 1.43. The number of carbonyl (C=O) groups excluding carboxylic acids is 1. The third-order valence-corrected chi connectivity index (χ3v) is 5.00. The molecule has 1 atom stereocenters. The van der Waals surface area contributed by atoms with E-state index in [4.69, 9.17) is 5.73 Å². The monoisotopic (exact) mass is 348 g/mol. The predicted octanol–water partition coefficient (Wildman–Crippen LogP) is 2.03. The highest BCUT2D eigenvalue weighted by molar-refractivity contribution is 6.08. The number of benzene rings is 2. The Morgan fingerprint density at radius 2 is 2.08 bits per heavy atom. The Labute approximate surface area is 150 Å². The molecule has 2 heterocycles. The Bertz CT molecular complexity index is 1060. The molecule has 3 aromatic rings. The van der Waals surface area contributed by atoms with E-state index < -0.39 is 0 Å². The molecule has 2 N–H and O–H groups in total.